The third-order valence-corrected chi connectivity index (χ3v) is 2.94. The fraction of sp³-hybridized carbons (Fsp3) is 0.455. The fourth-order valence-electron chi connectivity index (χ4n) is 1.23. The number of carbonyl (C=O) groups excluding carboxylic acids is 1. The molecule has 18 heavy (non-hydrogen) atoms. The van der Waals surface area contributed by atoms with E-state index in [2.05, 4.69) is 15.6 Å². The summed E-state index contributed by atoms with van der Waals surface area (Å²) in [4.78, 5) is 15.4. The van der Waals surface area contributed by atoms with Gasteiger partial charge < -0.3 is 15.7 Å². The van der Waals surface area contributed by atoms with Gasteiger partial charge in [0.15, 0.2) is 0 Å². The molecule has 1 heterocycles. The summed E-state index contributed by atoms with van der Waals surface area (Å²) in [5.41, 5.74) is 1.08. The zero-order valence-electron chi connectivity index (χ0n) is 10.2. The quantitative estimate of drug-likeness (QED) is 0.651. The number of rotatable bonds is 7. The molecule has 0 unspecified atom stereocenters. The monoisotopic (exact) mass is 291 g/mol. The molecule has 1 aromatic rings. The number of amides is 1. The summed E-state index contributed by atoms with van der Waals surface area (Å²) in [7, 11) is 1.72. The van der Waals surface area contributed by atoms with Gasteiger partial charge in [0.25, 0.3) is 0 Å². The third kappa shape index (κ3) is 6.80. The molecule has 7 heteroatoms. The summed E-state index contributed by atoms with van der Waals surface area (Å²) in [6, 6.07) is 3.75. The van der Waals surface area contributed by atoms with Crippen molar-refractivity contribution in [1.29, 1.82) is 0 Å². The van der Waals surface area contributed by atoms with Crippen LogP contribution in [0.3, 0.4) is 0 Å². The predicted molar refractivity (Wildman–Crippen MR) is 77.3 cm³/mol. The van der Waals surface area contributed by atoms with Crippen molar-refractivity contribution in [2.75, 3.05) is 31.3 Å². The molecule has 0 radical (unpaired) electrons. The van der Waals surface area contributed by atoms with Gasteiger partial charge in [0.1, 0.15) is 5.82 Å². The highest BCUT2D eigenvalue weighted by atomic mass is 35.5. The summed E-state index contributed by atoms with van der Waals surface area (Å²) in [6.45, 7) is 0.451. The first kappa shape index (κ1) is 17.2. The SMILES string of the molecule is CNCC(=O)Nc1cc(CSCCO)ccn1.Cl. The molecule has 0 saturated heterocycles. The Morgan fingerprint density at radius 1 is 1.56 bits per heavy atom. The largest absolute Gasteiger partial charge is 0.396 e. The van der Waals surface area contributed by atoms with Crippen LogP contribution in [-0.2, 0) is 10.5 Å². The molecule has 1 rings (SSSR count). The highest BCUT2D eigenvalue weighted by Crippen LogP contribution is 2.14. The van der Waals surface area contributed by atoms with E-state index in [9.17, 15) is 4.79 Å². The van der Waals surface area contributed by atoms with Crippen molar-refractivity contribution in [3.05, 3.63) is 23.9 Å². The van der Waals surface area contributed by atoms with Crippen molar-refractivity contribution in [2.24, 2.45) is 0 Å². The highest BCUT2D eigenvalue weighted by Gasteiger charge is 2.02. The van der Waals surface area contributed by atoms with Gasteiger partial charge in [-0.15, -0.1) is 12.4 Å². The Morgan fingerprint density at radius 3 is 3.00 bits per heavy atom. The first-order valence-electron chi connectivity index (χ1n) is 5.34. The lowest BCUT2D eigenvalue weighted by Crippen LogP contribution is -2.25. The average molecular weight is 292 g/mol. The topological polar surface area (TPSA) is 74.2 Å². The second-order valence-electron chi connectivity index (χ2n) is 3.40. The minimum Gasteiger partial charge on any atom is -0.396 e. The normalized spacial score (nSPS) is 9.67. The van der Waals surface area contributed by atoms with Gasteiger partial charge in [-0.05, 0) is 24.7 Å². The molecule has 3 N–H and O–H groups in total. The van der Waals surface area contributed by atoms with E-state index >= 15 is 0 Å². The van der Waals surface area contributed by atoms with E-state index in [1.54, 1.807) is 25.0 Å². The molecule has 0 aromatic carbocycles. The molecular formula is C11H18ClN3O2S. The first-order valence-corrected chi connectivity index (χ1v) is 6.49. The lowest BCUT2D eigenvalue weighted by atomic mass is 10.3. The summed E-state index contributed by atoms with van der Waals surface area (Å²) in [5.74, 6) is 1.97. The van der Waals surface area contributed by atoms with Crippen molar-refractivity contribution in [1.82, 2.24) is 10.3 Å². The standard InChI is InChI=1S/C11H17N3O2S.ClH/c1-12-7-11(16)14-10-6-9(2-3-13-10)8-17-5-4-15;/h2-3,6,12,15H,4-5,7-8H2,1H3,(H,13,14,16);1H. The van der Waals surface area contributed by atoms with Gasteiger partial charge in [-0.1, -0.05) is 0 Å². The molecule has 0 atom stereocenters. The van der Waals surface area contributed by atoms with Crippen molar-refractivity contribution >= 4 is 35.9 Å². The van der Waals surface area contributed by atoms with E-state index in [1.807, 2.05) is 12.1 Å². The van der Waals surface area contributed by atoms with Gasteiger partial charge in [-0.3, -0.25) is 4.79 Å². The van der Waals surface area contributed by atoms with Crippen LogP contribution in [0.15, 0.2) is 18.3 Å². The van der Waals surface area contributed by atoms with Crippen LogP contribution >= 0.6 is 24.2 Å². The number of nitrogens with zero attached hydrogens (tertiary/aromatic N) is 1. The number of pyridine rings is 1. The van der Waals surface area contributed by atoms with Crippen LogP contribution in [0, 0.1) is 0 Å². The molecular weight excluding hydrogens is 274 g/mol. The van der Waals surface area contributed by atoms with E-state index < -0.39 is 0 Å². The van der Waals surface area contributed by atoms with Crippen molar-refractivity contribution in [3.63, 3.8) is 0 Å². The third-order valence-electron chi connectivity index (χ3n) is 1.93. The zero-order chi connectivity index (χ0) is 12.5. The fourth-order valence-corrected chi connectivity index (χ4v) is 1.92. The van der Waals surface area contributed by atoms with E-state index in [0.29, 0.717) is 11.6 Å². The Bertz CT molecular complexity index is 366. The van der Waals surface area contributed by atoms with Gasteiger partial charge >= 0.3 is 0 Å². The molecule has 0 saturated carbocycles. The first-order chi connectivity index (χ1) is 8.26. The number of likely N-dealkylation sites (N-methyl/N-ethyl adjacent to an activating group) is 1. The maximum absolute atomic E-state index is 11.3. The van der Waals surface area contributed by atoms with Crippen LogP contribution < -0.4 is 10.6 Å². The minimum absolute atomic E-state index is 0. The van der Waals surface area contributed by atoms with Crippen LogP contribution in [0.25, 0.3) is 0 Å². The molecule has 102 valence electrons. The lowest BCUT2D eigenvalue weighted by molar-refractivity contribution is -0.115. The smallest absolute Gasteiger partial charge is 0.239 e. The highest BCUT2D eigenvalue weighted by molar-refractivity contribution is 7.98. The summed E-state index contributed by atoms with van der Waals surface area (Å²) in [5, 5.41) is 14.2. The maximum Gasteiger partial charge on any atom is 0.239 e. The number of carbonyl (C=O) groups is 1. The molecule has 5 nitrogen and oxygen atoms in total. The van der Waals surface area contributed by atoms with E-state index in [4.69, 9.17) is 5.11 Å². The molecule has 0 bridgehead atoms. The molecule has 0 aliphatic carbocycles. The van der Waals surface area contributed by atoms with Crippen molar-refractivity contribution < 1.29 is 9.90 Å². The van der Waals surface area contributed by atoms with Crippen LogP contribution in [0.1, 0.15) is 5.56 Å². The second-order valence-corrected chi connectivity index (χ2v) is 4.51. The Labute approximate surface area is 117 Å². The number of halogens is 1. The number of aliphatic hydroxyl groups excluding tert-OH is 1. The maximum atomic E-state index is 11.3. The van der Waals surface area contributed by atoms with Gasteiger partial charge in [-0.2, -0.15) is 11.8 Å². The number of aromatic nitrogens is 1. The van der Waals surface area contributed by atoms with Crippen LogP contribution in [0.4, 0.5) is 5.82 Å². The van der Waals surface area contributed by atoms with Crippen molar-refractivity contribution in [3.8, 4) is 0 Å². The number of nitrogens with one attached hydrogen (secondary N) is 2. The van der Waals surface area contributed by atoms with Gasteiger partial charge in [0, 0.05) is 17.7 Å². The number of hydrogen-bond acceptors (Lipinski definition) is 5. The molecule has 1 amide bonds. The molecule has 0 spiro atoms. The Balaban J connectivity index is 0.00000289. The predicted octanol–water partition coefficient (Wildman–Crippen LogP) is 0.887. The van der Waals surface area contributed by atoms with Gasteiger partial charge in [0.2, 0.25) is 5.91 Å². The number of anilines is 1. The van der Waals surface area contributed by atoms with Crippen LogP contribution in [-0.4, -0.2) is 41.9 Å². The molecule has 0 aliphatic rings. The molecule has 0 fully saturated rings. The molecule has 1 aromatic heterocycles. The number of thioether (sulfide) groups is 1. The van der Waals surface area contributed by atoms with Gasteiger partial charge in [-0.25, -0.2) is 4.98 Å². The van der Waals surface area contributed by atoms with Gasteiger partial charge in [0.05, 0.1) is 13.2 Å². The summed E-state index contributed by atoms with van der Waals surface area (Å²) >= 11 is 1.64. The van der Waals surface area contributed by atoms with Crippen molar-refractivity contribution in [2.45, 2.75) is 5.75 Å². The summed E-state index contributed by atoms with van der Waals surface area (Å²) in [6.07, 6.45) is 1.67. The lowest BCUT2D eigenvalue weighted by Gasteiger charge is -2.06. The van der Waals surface area contributed by atoms with Crippen LogP contribution in [0.2, 0.25) is 0 Å². The summed E-state index contributed by atoms with van der Waals surface area (Å²) < 4.78 is 0. The Morgan fingerprint density at radius 2 is 2.33 bits per heavy atom. The zero-order valence-corrected chi connectivity index (χ0v) is 11.8. The second kappa shape index (κ2) is 10.1. The van der Waals surface area contributed by atoms with E-state index in [-0.39, 0.29) is 31.5 Å². The van der Waals surface area contributed by atoms with Crippen LogP contribution in [0.5, 0.6) is 0 Å². The van der Waals surface area contributed by atoms with E-state index in [0.717, 1.165) is 11.3 Å². The Kier molecular flexibility index (Phi) is 9.67. The Hall–Kier alpha value is -0.820. The van der Waals surface area contributed by atoms with E-state index in [1.165, 1.54) is 0 Å². The number of hydrogen-bond donors (Lipinski definition) is 3. The average Bonchev–Trinajstić information content (AvgIpc) is 2.30. The molecule has 0 aliphatic heterocycles. The number of aliphatic hydroxyl groups is 1. The minimum atomic E-state index is -0.111.